The molecule has 1 heterocycles. The van der Waals surface area contributed by atoms with Crippen LogP contribution in [-0.2, 0) is 19.4 Å². The van der Waals surface area contributed by atoms with Crippen LogP contribution in [0.15, 0.2) is 36.4 Å². The van der Waals surface area contributed by atoms with Gasteiger partial charge < -0.3 is 9.67 Å². The number of nitrogens with zero attached hydrogens (tertiary/aromatic N) is 1. The molecule has 0 radical (unpaired) electrons. The summed E-state index contributed by atoms with van der Waals surface area (Å²) in [5.74, 6) is 3.26. The van der Waals surface area contributed by atoms with E-state index in [2.05, 4.69) is 61.7 Å². The van der Waals surface area contributed by atoms with Gasteiger partial charge >= 0.3 is 0 Å². The highest BCUT2D eigenvalue weighted by molar-refractivity contribution is 5.34. The summed E-state index contributed by atoms with van der Waals surface area (Å²) in [6.07, 6.45) is 10.1. The zero-order valence-corrected chi connectivity index (χ0v) is 19.6. The number of aliphatic hydroxyl groups is 1. The molecule has 7 atom stereocenters. The van der Waals surface area contributed by atoms with Crippen LogP contribution in [0, 0.1) is 41.4 Å². The molecule has 2 heteroatoms. The highest BCUT2D eigenvalue weighted by atomic mass is 16.3. The molecule has 1 N–H and O–H groups in total. The third-order valence-corrected chi connectivity index (χ3v) is 10.7. The molecule has 6 rings (SSSR count). The van der Waals surface area contributed by atoms with E-state index in [9.17, 15) is 5.11 Å². The number of rotatable bonds is 2. The van der Waals surface area contributed by atoms with E-state index in [1.165, 1.54) is 56.2 Å². The van der Waals surface area contributed by atoms with Crippen molar-refractivity contribution in [3.63, 3.8) is 0 Å². The second-order valence-corrected chi connectivity index (χ2v) is 12.0. The van der Waals surface area contributed by atoms with Gasteiger partial charge in [0.2, 0.25) is 0 Å². The molecule has 3 saturated carbocycles. The van der Waals surface area contributed by atoms with E-state index in [4.69, 9.17) is 0 Å². The van der Waals surface area contributed by atoms with Gasteiger partial charge in [-0.15, -0.1) is 0 Å². The number of hydrogen-bond donors (Lipinski definition) is 1. The molecule has 2 nitrogen and oxygen atoms in total. The zero-order valence-electron chi connectivity index (χ0n) is 19.6. The van der Waals surface area contributed by atoms with Crippen LogP contribution in [0.3, 0.4) is 0 Å². The van der Waals surface area contributed by atoms with Crippen molar-refractivity contribution in [3.05, 3.63) is 58.9 Å². The molecule has 4 aliphatic rings. The van der Waals surface area contributed by atoms with E-state index < -0.39 is 0 Å². The molecule has 1 aromatic carbocycles. The van der Waals surface area contributed by atoms with E-state index in [-0.39, 0.29) is 11.5 Å². The Morgan fingerprint density at radius 2 is 1.74 bits per heavy atom. The normalized spacial score (nSPS) is 41.2. The average molecular weight is 418 g/mol. The van der Waals surface area contributed by atoms with Crippen LogP contribution in [0.4, 0.5) is 0 Å². The van der Waals surface area contributed by atoms with Gasteiger partial charge in [0.15, 0.2) is 0 Å². The summed E-state index contributed by atoms with van der Waals surface area (Å²) in [4.78, 5) is 0. The van der Waals surface area contributed by atoms with Gasteiger partial charge in [-0.05, 0) is 110 Å². The molecule has 6 unspecified atom stereocenters. The third kappa shape index (κ3) is 2.86. The van der Waals surface area contributed by atoms with Crippen LogP contribution in [0.2, 0.25) is 0 Å². The quantitative estimate of drug-likeness (QED) is 0.622. The Kier molecular flexibility index (Phi) is 4.52. The van der Waals surface area contributed by atoms with Crippen molar-refractivity contribution in [1.82, 2.24) is 4.57 Å². The highest BCUT2D eigenvalue weighted by Gasteiger charge is 2.60. The van der Waals surface area contributed by atoms with Gasteiger partial charge in [0.1, 0.15) is 0 Å². The Morgan fingerprint density at radius 1 is 0.968 bits per heavy atom. The topological polar surface area (TPSA) is 25.2 Å². The maximum Gasteiger partial charge on any atom is 0.0596 e. The minimum Gasteiger partial charge on any atom is -0.393 e. The van der Waals surface area contributed by atoms with Gasteiger partial charge in [-0.25, -0.2) is 0 Å². The second kappa shape index (κ2) is 6.98. The molecule has 2 aromatic rings. The number of hydrogen-bond acceptors (Lipinski definition) is 1. The minimum atomic E-state index is -0.0587. The van der Waals surface area contributed by atoms with Crippen molar-refractivity contribution in [1.29, 1.82) is 0 Å². The first kappa shape index (κ1) is 20.1. The van der Waals surface area contributed by atoms with Gasteiger partial charge in [0.25, 0.3) is 0 Å². The van der Waals surface area contributed by atoms with Crippen LogP contribution in [0.25, 0.3) is 0 Å². The van der Waals surface area contributed by atoms with Crippen molar-refractivity contribution in [2.75, 3.05) is 0 Å². The molecule has 3 fully saturated rings. The van der Waals surface area contributed by atoms with E-state index in [1.807, 2.05) is 0 Å². The van der Waals surface area contributed by atoms with Crippen LogP contribution in [0.1, 0.15) is 74.9 Å². The van der Waals surface area contributed by atoms with Crippen LogP contribution >= 0.6 is 0 Å². The molecule has 0 amide bonds. The fourth-order valence-corrected chi connectivity index (χ4v) is 8.94. The molecule has 0 spiro atoms. The van der Waals surface area contributed by atoms with Gasteiger partial charge in [-0.1, -0.05) is 44.2 Å². The maximum atomic E-state index is 10.8. The van der Waals surface area contributed by atoms with Crippen LogP contribution < -0.4 is 0 Å². The predicted octanol–water partition coefficient (Wildman–Crippen LogP) is 6.16. The summed E-state index contributed by atoms with van der Waals surface area (Å²) in [7, 11) is 0. The fourth-order valence-electron chi connectivity index (χ4n) is 8.94. The number of aryl methyl sites for hydroxylation is 1. The highest BCUT2D eigenvalue weighted by Crippen LogP contribution is 2.65. The Morgan fingerprint density at radius 3 is 2.55 bits per heavy atom. The van der Waals surface area contributed by atoms with Crippen molar-refractivity contribution < 1.29 is 5.11 Å². The molecule has 0 aliphatic heterocycles. The second-order valence-electron chi connectivity index (χ2n) is 12.0. The molecular weight excluding hydrogens is 378 g/mol. The lowest BCUT2D eigenvalue weighted by Crippen LogP contribution is -2.54. The standard InChI is InChI=1S/C29H39NO/c1-19-15-21-17-29(3)22(16-26(21)30(19)18-20-7-5-4-6-8-20)9-10-23-24-11-12-27(31)28(24,2)14-13-25(23)29/h4-8,15,22-25,27,31H,9-14,16-18H2,1-3H3/t22?,23?,24?,25?,27-,28?,29?/m1/s1. The monoisotopic (exact) mass is 417 g/mol. The van der Waals surface area contributed by atoms with Crippen LogP contribution in [-0.4, -0.2) is 15.8 Å². The fraction of sp³-hybridized carbons (Fsp3) is 0.655. The summed E-state index contributed by atoms with van der Waals surface area (Å²) in [6, 6.07) is 13.5. The molecule has 0 bridgehead atoms. The lowest BCUT2D eigenvalue weighted by molar-refractivity contribution is -0.111. The first-order valence-corrected chi connectivity index (χ1v) is 12.8. The van der Waals surface area contributed by atoms with E-state index in [0.717, 1.165) is 36.6 Å². The maximum absolute atomic E-state index is 10.8. The van der Waals surface area contributed by atoms with Crippen molar-refractivity contribution >= 4 is 0 Å². The summed E-state index contributed by atoms with van der Waals surface area (Å²) >= 11 is 0. The van der Waals surface area contributed by atoms with Crippen molar-refractivity contribution in [3.8, 4) is 0 Å². The van der Waals surface area contributed by atoms with Crippen molar-refractivity contribution in [2.45, 2.75) is 84.8 Å². The molecule has 1 aromatic heterocycles. The summed E-state index contributed by atoms with van der Waals surface area (Å²) in [5, 5.41) is 10.8. The Labute approximate surface area is 188 Å². The Balaban J connectivity index is 1.31. The average Bonchev–Trinajstić information content (AvgIpc) is 3.22. The molecule has 0 saturated heterocycles. The van der Waals surface area contributed by atoms with Gasteiger partial charge in [-0.2, -0.15) is 0 Å². The van der Waals surface area contributed by atoms with Crippen molar-refractivity contribution in [2.24, 2.45) is 34.5 Å². The van der Waals surface area contributed by atoms with Gasteiger partial charge in [0.05, 0.1) is 6.10 Å². The smallest absolute Gasteiger partial charge is 0.0596 e. The van der Waals surface area contributed by atoms with E-state index in [1.54, 1.807) is 11.3 Å². The minimum absolute atomic E-state index is 0.0587. The zero-order chi connectivity index (χ0) is 21.4. The van der Waals surface area contributed by atoms with E-state index >= 15 is 0 Å². The van der Waals surface area contributed by atoms with Crippen LogP contribution in [0.5, 0.6) is 0 Å². The lowest BCUT2D eigenvalue weighted by Gasteiger charge is -2.60. The van der Waals surface area contributed by atoms with Gasteiger partial charge in [-0.3, -0.25) is 0 Å². The summed E-state index contributed by atoms with van der Waals surface area (Å²) in [5.41, 5.74) is 6.73. The molecule has 166 valence electrons. The summed E-state index contributed by atoms with van der Waals surface area (Å²) < 4.78 is 2.61. The Hall–Kier alpha value is -1.54. The SMILES string of the molecule is Cc1cc2c(n1Cc1ccccc1)CC1CCC3C(CCC4(C)C3CC[C@H]4O)C1(C)C2. The number of aromatic nitrogens is 1. The number of aliphatic hydroxyl groups excluding tert-OH is 1. The first-order valence-electron chi connectivity index (χ1n) is 12.8. The molecule has 4 aliphatic carbocycles. The van der Waals surface area contributed by atoms with Gasteiger partial charge in [0, 0.05) is 17.9 Å². The predicted molar refractivity (Wildman–Crippen MR) is 126 cm³/mol. The molecular formula is C29H39NO. The molecule has 31 heavy (non-hydrogen) atoms. The number of fused-ring (bicyclic) bond motifs is 6. The summed E-state index contributed by atoms with van der Waals surface area (Å²) in [6.45, 7) is 8.37. The number of benzene rings is 1. The van der Waals surface area contributed by atoms with E-state index in [0.29, 0.717) is 5.41 Å². The lowest BCUT2D eigenvalue weighted by atomic mass is 9.45. The largest absolute Gasteiger partial charge is 0.393 e. The Bertz CT molecular complexity index is 976. The first-order chi connectivity index (χ1) is 14.9. The third-order valence-electron chi connectivity index (χ3n) is 10.7.